The summed E-state index contributed by atoms with van der Waals surface area (Å²) in [6.45, 7) is 0.662. The average molecular weight is 387 g/mol. The molecule has 0 aliphatic rings. The van der Waals surface area contributed by atoms with E-state index in [0.717, 1.165) is 11.1 Å². The van der Waals surface area contributed by atoms with Crippen LogP contribution in [0.25, 0.3) is 11.3 Å². The third kappa shape index (κ3) is 3.30. The van der Waals surface area contributed by atoms with Crippen molar-refractivity contribution in [1.82, 2.24) is 14.8 Å². The Balaban J connectivity index is 1.94. The molecule has 1 aromatic carbocycles. The predicted molar refractivity (Wildman–Crippen MR) is 93.8 cm³/mol. The van der Waals surface area contributed by atoms with Crippen LogP contribution in [0.15, 0.2) is 53.3 Å². The lowest BCUT2D eigenvalue weighted by atomic mass is 10.2. The maximum absolute atomic E-state index is 11.5. The fourth-order valence-electron chi connectivity index (χ4n) is 2.35. The van der Waals surface area contributed by atoms with Gasteiger partial charge in [-0.2, -0.15) is 5.10 Å². The van der Waals surface area contributed by atoms with Gasteiger partial charge in [0.05, 0.1) is 25.5 Å². The minimum Gasteiger partial charge on any atom is -0.480 e. The molecule has 0 atom stereocenters. The summed E-state index contributed by atoms with van der Waals surface area (Å²) in [6, 6.07) is 11.7. The molecule has 2 N–H and O–H groups in total. The highest BCUT2D eigenvalue weighted by molar-refractivity contribution is 9.10. The summed E-state index contributed by atoms with van der Waals surface area (Å²) in [7, 11) is 1.45. The first kappa shape index (κ1) is 16.2. The topological polar surface area (TPSA) is 83.0 Å². The third-order valence-electron chi connectivity index (χ3n) is 3.49. The van der Waals surface area contributed by atoms with Gasteiger partial charge in [0, 0.05) is 16.2 Å². The van der Waals surface area contributed by atoms with Crippen LogP contribution in [0.4, 0.5) is 0 Å². The number of halogens is 1. The SMILES string of the molecule is COc1nc(-c2cnn(Cc3ccccc3)c2)c(Br)cc1C(N)=O. The molecule has 24 heavy (non-hydrogen) atoms. The van der Waals surface area contributed by atoms with E-state index in [1.54, 1.807) is 12.3 Å². The minimum absolute atomic E-state index is 0.191. The van der Waals surface area contributed by atoms with E-state index < -0.39 is 5.91 Å². The van der Waals surface area contributed by atoms with Crippen molar-refractivity contribution in [3.8, 4) is 17.1 Å². The van der Waals surface area contributed by atoms with E-state index in [1.807, 2.05) is 41.2 Å². The standard InChI is InChI=1S/C17H15BrN4O2/c1-24-17-13(16(19)23)7-14(18)15(21-17)12-8-20-22(10-12)9-11-5-3-2-4-6-11/h2-8,10H,9H2,1H3,(H2,19,23). The van der Waals surface area contributed by atoms with E-state index >= 15 is 0 Å². The Morgan fingerprint density at radius 3 is 2.75 bits per heavy atom. The molecule has 0 radical (unpaired) electrons. The van der Waals surface area contributed by atoms with Crippen molar-refractivity contribution in [2.75, 3.05) is 7.11 Å². The highest BCUT2D eigenvalue weighted by Crippen LogP contribution is 2.31. The van der Waals surface area contributed by atoms with Crippen LogP contribution >= 0.6 is 15.9 Å². The lowest BCUT2D eigenvalue weighted by molar-refractivity contribution is 0.0996. The molecule has 122 valence electrons. The normalized spacial score (nSPS) is 10.6. The summed E-state index contributed by atoms with van der Waals surface area (Å²) >= 11 is 3.43. The van der Waals surface area contributed by atoms with Gasteiger partial charge in [-0.15, -0.1) is 0 Å². The molecule has 3 rings (SSSR count). The van der Waals surface area contributed by atoms with Gasteiger partial charge in [-0.3, -0.25) is 9.48 Å². The molecule has 0 aliphatic heterocycles. The van der Waals surface area contributed by atoms with Crippen LogP contribution in [0.5, 0.6) is 5.88 Å². The summed E-state index contributed by atoms with van der Waals surface area (Å²) in [5, 5.41) is 4.37. The number of amides is 1. The molecule has 0 spiro atoms. The Kier molecular flexibility index (Phi) is 4.61. The first-order valence-corrected chi connectivity index (χ1v) is 7.99. The largest absolute Gasteiger partial charge is 0.480 e. The van der Waals surface area contributed by atoms with E-state index in [1.165, 1.54) is 7.11 Å². The van der Waals surface area contributed by atoms with Crippen LogP contribution in [-0.2, 0) is 6.54 Å². The van der Waals surface area contributed by atoms with Crippen LogP contribution in [0.3, 0.4) is 0 Å². The predicted octanol–water partition coefficient (Wildman–Crippen LogP) is 2.86. The molecule has 3 aromatic rings. The van der Waals surface area contributed by atoms with Crippen molar-refractivity contribution in [3.63, 3.8) is 0 Å². The van der Waals surface area contributed by atoms with Crippen molar-refractivity contribution in [3.05, 3.63) is 64.4 Å². The lowest BCUT2D eigenvalue weighted by Crippen LogP contribution is -2.13. The van der Waals surface area contributed by atoms with Gasteiger partial charge in [-0.1, -0.05) is 30.3 Å². The summed E-state index contributed by atoms with van der Waals surface area (Å²) in [6.07, 6.45) is 3.61. The van der Waals surface area contributed by atoms with Gasteiger partial charge in [0.15, 0.2) is 0 Å². The monoisotopic (exact) mass is 386 g/mol. The van der Waals surface area contributed by atoms with E-state index in [-0.39, 0.29) is 11.4 Å². The maximum atomic E-state index is 11.5. The summed E-state index contributed by atoms with van der Waals surface area (Å²) < 4.78 is 7.64. The Morgan fingerprint density at radius 2 is 2.08 bits per heavy atom. The lowest BCUT2D eigenvalue weighted by Gasteiger charge is -2.08. The molecule has 7 heteroatoms. The number of pyridine rings is 1. The number of carbonyl (C=O) groups is 1. The van der Waals surface area contributed by atoms with Gasteiger partial charge in [0.25, 0.3) is 5.91 Å². The highest BCUT2D eigenvalue weighted by atomic mass is 79.9. The number of ether oxygens (including phenoxy) is 1. The fourth-order valence-corrected chi connectivity index (χ4v) is 2.90. The number of carbonyl (C=O) groups excluding carboxylic acids is 1. The number of aromatic nitrogens is 3. The molecule has 1 amide bonds. The van der Waals surface area contributed by atoms with Crippen molar-refractivity contribution in [1.29, 1.82) is 0 Å². The van der Waals surface area contributed by atoms with Gasteiger partial charge in [0.2, 0.25) is 5.88 Å². The molecule has 0 aliphatic carbocycles. The second-order valence-corrected chi connectivity index (χ2v) is 6.01. The molecule has 0 bridgehead atoms. The Morgan fingerprint density at radius 1 is 1.33 bits per heavy atom. The maximum Gasteiger partial charge on any atom is 0.254 e. The van der Waals surface area contributed by atoms with E-state index in [4.69, 9.17) is 10.5 Å². The van der Waals surface area contributed by atoms with E-state index in [0.29, 0.717) is 16.7 Å². The van der Waals surface area contributed by atoms with Gasteiger partial charge in [-0.05, 0) is 27.6 Å². The number of nitrogens with zero attached hydrogens (tertiary/aromatic N) is 3. The van der Waals surface area contributed by atoms with Gasteiger partial charge < -0.3 is 10.5 Å². The molecular formula is C17H15BrN4O2. The smallest absolute Gasteiger partial charge is 0.254 e. The summed E-state index contributed by atoms with van der Waals surface area (Å²) in [5.41, 5.74) is 8.17. The molecule has 2 aromatic heterocycles. The van der Waals surface area contributed by atoms with Crippen LogP contribution < -0.4 is 10.5 Å². The van der Waals surface area contributed by atoms with Gasteiger partial charge in [0.1, 0.15) is 5.56 Å². The molecule has 6 nitrogen and oxygen atoms in total. The number of methoxy groups -OCH3 is 1. The van der Waals surface area contributed by atoms with Crippen LogP contribution in [0, 0.1) is 0 Å². The minimum atomic E-state index is -0.591. The number of benzene rings is 1. The van der Waals surface area contributed by atoms with Crippen LogP contribution in [-0.4, -0.2) is 27.8 Å². The Bertz CT molecular complexity index is 878. The van der Waals surface area contributed by atoms with Crippen molar-refractivity contribution < 1.29 is 9.53 Å². The van der Waals surface area contributed by atoms with Crippen molar-refractivity contribution in [2.24, 2.45) is 5.73 Å². The van der Waals surface area contributed by atoms with Crippen LogP contribution in [0.1, 0.15) is 15.9 Å². The van der Waals surface area contributed by atoms with Crippen LogP contribution in [0.2, 0.25) is 0 Å². The van der Waals surface area contributed by atoms with E-state index in [2.05, 4.69) is 26.0 Å². The fraction of sp³-hybridized carbons (Fsp3) is 0.118. The zero-order valence-electron chi connectivity index (χ0n) is 12.9. The zero-order valence-corrected chi connectivity index (χ0v) is 14.5. The number of primary amides is 1. The molecule has 0 fully saturated rings. The number of hydrogen-bond donors (Lipinski definition) is 1. The summed E-state index contributed by atoms with van der Waals surface area (Å²) in [4.78, 5) is 15.8. The average Bonchev–Trinajstić information content (AvgIpc) is 3.03. The van der Waals surface area contributed by atoms with Gasteiger partial charge >= 0.3 is 0 Å². The van der Waals surface area contributed by atoms with Gasteiger partial charge in [-0.25, -0.2) is 4.98 Å². The quantitative estimate of drug-likeness (QED) is 0.730. The highest BCUT2D eigenvalue weighted by Gasteiger charge is 2.17. The third-order valence-corrected chi connectivity index (χ3v) is 4.10. The van der Waals surface area contributed by atoms with E-state index in [9.17, 15) is 4.79 Å². The summed E-state index contributed by atoms with van der Waals surface area (Å²) in [5.74, 6) is -0.400. The number of nitrogens with two attached hydrogens (primary N) is 1. The number of rotatable bonds is 5. The zero-order chi connectivity index (χ0) is 17.1. The molecule has 0 saturated carbocycles. The second-order valence-electron chi connectivity index (χ2n) is 5.15. The first-order chi connectivity index (χ1) is 11.6. The van der Waals surface area contributed by atoms with Crippen molar-refractivity contribution in [2.45, 2.75) is 6.54 Å². The first-order valence-electron chi connectivity index (χ1n) is 7.19. The Hall–Kier alpha value is -2.67. The van der Waals surface area contributed by atoms with Crippen molar-refractivity contribution >= 4 is 21.8 Å². The molecule has 0 unspecified atom stereocenters. The second kappa shape index (κ2) is 6.84. The molecule has 2 heterocycles. The molecular weight excluding hydrogens is 372 g/mol. The Labute approximate surface area is 147 Å². The number of hydrogen-bond acceptors (Lipinski definition) is 4. The molecule has 0 saturated heterocycles.